The standard InChI is InChI=1S/C24H19Cl2N3O4S2/c1-24(2)17-18(21(32)29(20(17)31)15-9-5-13(26)6-10-15)34-22-19(24)35-23(33)28(22)11-16(30)27-14-7-3-12(25)4-8-14/h3-10,17-18H,11H2,1-2H3,(H,27,30)/t17-,18+/m1/s1. The maximum Gasteiger partial charge on any atom is 0.308 e. The molecule has 0 bridgehead atoms. The molecule has 0 radical (unpaired) electrons. The molecule has 1 N–H and O–H groups in total. The van der Waals surface area contributed by atoms with E-state index in [2.05, 4.69) is 5.32 Å². The van der Waals surface area contributed by atoms with Crippen LogP contribution in [0.25, 0.3) is 0 Å². The van der Waals surface area contributed by atoms with Gasteiger partial charge in [-0.1, -0.05) is 60.1 Å². The monoisotopic (exact) mass is 547 g/mol. The molecule has 2 atom stereocenters. The van der Waals surface area contributed by atoms with E-state index in [0.717, 1.165) is 11.3 Å². The lowest BCUT2D eigenvalue weighted by atomic mass is 9.76. The molecule has 35 heavy (non-hydrogen) atoms. The predicted molar refractivity (Wildman–Crippen MR) is 139 cm³/mol. The maximum atomic E-state index is 13.5. The highest BCUT2D eigenvalue weighted by molar-refractivity contribution is 8.00. The fourth-order valence-corrected chi connectivity index (χ4v) is 7.78. The first-order chi connectivity index (χ1) is 16.6. The fourth-order valence-electron chi connectivity index (χ4n) is 4.49. The minimum Gasteiger partial charge on any atom is -0.325 e. The Labute approximate surface area is 219 Å². The van der Waals surface area contributed by atoms with E-state index in [0.29, 0.717) is 31.3 Å². The summed E-state index contributed by atoms with van der Waals surface area (Å²) < 4.78 is 1.39. The largest absolute Gasteiger partial charge is 0.325 e. The van der Waals surface area contributed by atoms with Gasteiger partial charge in [-0.25, -0.2) is 4.90 Å². The van der Waals surface area contributed by atoms with Crippen LogP contribution in [0.5, 0.6) is 0 Å². The van der Waals surface area contributed by atoms with E-state index in [1.807, 2.05) is 13.8 Å². The molecule has 11 heteroatoms. The normalized spacial score (nSPS) is 20.5. The number of thioether (sulfide) groups is 1. The number of aromatic nitrogens is 1. The van der Waals surface area contributed by atoms with Crippen LogP contribution in [0.1, 0.15) is 18.7 Å². The van der Waals surface area contributed by atoms with Crippen molar-refractivity contribution in [3.05, 3.63) is 73.1 Å². The Kier molecular flexibility index (Phi) is 6.07. The number of nitrogens with one attached hydrogen (secondary N) is 1. The van der Waals surface area contributed by atoms with E-state index in [1.54, 1.807) is 48.5 Å². The summed E-state index contributed by atoms with van der Waals surface area (Å²) in [6, 6.07) is 13.2. The van der Waals surface area contributed by atoms with Gasteiger partial charge in [0.05, 0.1) is 16.6 Å². The number of hydrogen-bond donors (Lipinski definition) is 1. The molecule has 0 spiro atoms. The molecule has 5 rings (SSSR count). The van der Waals surface area contributed by atoms with E-state index in [9.17, 15) is 19.2 Å². The smallest absolute Gasteiger partial charge is 0.308 e. The summed E-state index contributed by atoms with van der Waals surface area (Å²) in [4.78, 5) is 54.1. The second-order valence-corrected chi connectivity index (χ2v) is 11.8. The van der Waals surface area contributed by atoms with Crippen molar-refractivity contribution >= 4 is 75.4 Å². The van der Waals surface area contributed by atoms with Crippen LogP contribution in [0.3, 0.4) is 0 Å². The van der Waals surface area contributed by atoms with Crippen molar-refractivity contribution < 1.29 is 14.4 Å². The Hall–Kier alpha value is -2.59. The van der Waals surface area contributed by atoms with Crippen molar-refractivity contribution in [1.29, 1.82) is 0 Å². The Balaban J connectivity index is 1.46. The Morgan fingerprint density at radius 2 is 1.57 bits per heavy atom. The average molecular weight is 548 g/mol. The van der Waals surface area contributed by atoms with Gasteiger partial charge in [0.1, 0.15) is 11.8 Å². The second kappa shape index (κ2) is 8.81. The minimum absolute atomic E-state index is 0.212. The Bertz CT molecular complexity index is 1410. The molecule has 180 valence electrons. The molecular weight excluding hydrogens is 529 g/mol. The first-order valence-corrected chi connectivity index (χ1v) is 13.1. The van der Waals surface area contributed by atoms with Crippen LogP contribution in [0, 0.1) is 5.92 Å². The molecular formula is C24H19Cl2N3O4S2. The van der Waals surface area contributed by atoms with Crippen LogP contribution in [-0.2, 0) is 26.3 Å². The molecule has 3 amide bonds. The molecule has 2 aliphatic heterocycles. The minimum atomic E-state index is -0.777. The number of imide groups is 1. The summed E-state index contributed by atoms with van der Waals surface area (Å²) >= 11 is 14.1. The molecule has 3 aromatic rings. The van der Waals surface area contributed by atoms with Crippen LogP contribution in [-0.4, -0.2) is 27.5 Å². The van der Waals surface area contributed by atoms with Crippen LogP contribution in [0.2, 0.25) is 10.0 Å². The molecule has 7 nitrogen and oxygen atoms in total. The van der Waals surface area contributed by atoms with E-state index in [4.69, 9.17) is 23.2 Å². The lowest BCUT2D eigenvalue weighted by molar-refractivity contribution is -0.123. The van der Waals surface area contributed by atoms with Crippen molar-refractivity contribution in [2.75, 3.05) is 10.2 Å². The quantitative estimate of drug-likeness (QED) is 0.474. The van der Waals surface area contributed by atoms with Gasteiger partial charge in [-0.05, 0) is 48.5 Å². The molecule has 3 heterocycles. The van der Waals surface area contributed by atoms with Gasteiger partial charge < -0.3 is 5.32 Å². The number of carbonyl (C=O) groups is 3. The summed E-state index contributed by atoms with van der Waals surface area (Å²) in [7, 11) is 0. The van der Waals surface area contributed by atoms with E-state index in [1.165, 1.54) is 21.2 Å². The molecule has 0 aliphatic carbocycles. The van der Waals surface area contributed by atoms with Gasteiger partial charge in [0.25, 0.3) is 0 Å². The summed E-state index contributed by atoms with van der Waals surface area (Å²) in [6.07, 6.45) is 0. The summed E-state index contributed by atoms with van der Waals surface area (Å²) in [5.74, 6) is -1.68. The first kappa shape index (κ1) is 24.1. The number of carbonyl (C=O) groups excluding carboxylic acids is 3. The van der Waals surface area contributed by atoms with E-state index < -0.39 is 16.6 Å². The maximum absolute atomic E-state index is 13.5. The van der Waals surface area contributed by atoms with Gasteiger partial charge in [-0.3, -0.25) is 23.7 Å². The van der Waals surface area contributed by atoms with Crippen molar-refractivity contribution in [1.82, 2.24) is 4.57 Å². The zero-order valence-corrected chi connectivity index (χ0v) is 21.7. The number of halogens is 2. The summed E-state index contributed by atoms with van der Waals surface area (Å²) in [5, 5.41) is 3.65. The lowest BCUT2D eigenvalue weighted by Gasteiger charge is -2.36. The topological polar surface area (TPSA) is 88.5 Å². The molecule has 1 fully saturated rings. The molecule has 2 aliphatic rings. The molecule has 0 saturated carbocycles. The van der Waals surface area contributed by atoms with Crippen molar-refractivity contribution in [2.24, 2.45) is 5.92 Å². The number of amides is 3. The highest BCUT2D eigenvalue weighted by Crippen LogP contribution is 2.54. The van der Waals surface area contributed by atoms with Gasteiger partial charge in [0, 0.05) is 26.0 Å². The average Bonchev–Trinajstić information content (AvgIpc) is 3.25. The molecule has 0 unspecified atom stereocenters. The van der Waals surface area contributed by atoms with Crippen LogP contribution in [0.15, 0.2) is 58.4 Å². The third kappa shape index (κ3) is 4.10. The number of hydrogen-bond acceptors (Lipinski definition) is 6. The SMILES string of the molecule is CC1(C)c2sc(=O)n(CC(=O)Nc3ccc(Cl)cc3)c2S[C@@H]2C(=O)N(c3ccc(Cl)cc3)C(=O)[C@@H]21. The number of nitrogens with zero attached hydrogens (tertiary/aromatic N) is 2. The molecule has 2 aromatic carbocycles. The van der Waals surface area contributed by atoms with Crippen LogP contribution in [0.4, 0.5) is 11.4 Å². The zero-order valence-electron chi connectivity index (χ0n) is 18.6. The van der Waals surface area contributed by atoms with Crippen LogP contribution >= 0.6 is 46.3 Å². The van der Waals surface area contributed by atoms with Crippen molar-refractivity contribution in [2.45, 2.75) is 36.1 Å². The van der Waals surface area contributed by atoms with Crippen LogP contribution < -0.4 is 15.1 Å². The highest BCUT2D eigenvalue weighted by Gasteiger charge is 2.59. The lowest BCUT2D eigenvalue weighted by Crippen LogP contribution is -2.41. The highest BCUT2D eigenvalue weighted by atomic mass is 35.5. The molecule has 1 aromatic heterocycles. The van der Waals surface area contributed by atoms with Gasteiger partial charge >= 0.3 is 4.87 Å². The number of thiazole rings is 1. The zero-order chi connectivity index (χ0) is 25.1. The van der Waals surface area contributed by atoms with Gasteiger partial charge in [-0.15, -0.1) is 0 Å². The molecule has 1 saturated heterocycles. The fraction of sp³-hybridized carbons (Fsp3) is 0.250. The van der Waals surface area contributed by atoms with Crippen molar-refractivity contribution in [3.8, 4) is 0 Å². The third-order valence-corrected chi connectivity index (χ3v) is 9.55. The number of benzene rings is 2. The van der Waals surface area contributed by atoms with Gasteiger partial charge in [0.15, 0.2) is 0 Å². The second-order valence-electron chi connectivity index (χ2n) is 8.87. The van der Waals surface area contributed by atoms with Gasteiger partial charge in [0.2, 0.25) is 17.7 Å². The number of fused-ring (bicyclic) bond motifs is 2. The van der Waals surface area contributed by atoms with E-state index in [-0.39, 0.29) is 29.1 Å². The summed E-state index contributed by atoms with van der Waals surface area (Å²) in [5.41, 5.74) is 0.235. The third-order valence-electron chi connectivity index (χ3n) is 6.22. The first-order valence-electron chi connectivity index (χ1n) is 10.7. The number of anilines is 2. The van der Waals surface area contributed by atoms with E-state index >= 15 is 0 Å². The van der Waals surface area contributed by atoms with Crippen molar-refractivity contribution in [3.63, 3.8) is 0 Å². The predicted octanol–water partition coefficient (Wildman–Crippen LogP) is 4.80. The Morgan fingerprint density at radius 1 is 0.971 bits per heavy atom. The number of rotatable bonds is 4. The summed E-state index contributed by atoms with van der Waals surface area (Å²) in [6.45, 7) is 3.53. The van der Waals surface area contributed by atoms with Gasteiger partial charge in [-0.2, -0.15) is 0 Å². The Morgan fingerprint density at radius 3 is 2.20 bits per heavy atom.